The first-order valence-corrected chi connectivity index (χ1v) is 5.77. The van der Waals surface area contributed by atoms with E-state index in [0.717, 1.165) is 6.07 Å². The minimum atomic E-state index is -0.621. The van der Waals surface area contributed by atoms with Gasteiger partial charge in [-0.1, -0.05) is 11.6 Å². The number of esters is 1. The second kappa shape index (κ2) is 5.28. The normalized spacial score (nSPS) is 10.3. The molecule has 0 saturated carbocycles. The van der Waals surface area contributed by atoms with Crippen LogP contribution in [-0.4, -0.2) is 18.2 Å². The highest BCUT2D eigenvalue weighted by molar-refractivity contribution is 6.33. The third kappa shape index (κ3) is 2.69. The van der Waals surface area contributed by atoms with Crippen LogP contribution in [0.25, 0.3) is 11.1 Å². The largest absolute Gasteiger partial charge is 0.508 e. The van der Waals surface area contributed by atoms with Crippen molar-refractivity contribution in [3.8, 4) is 16.9 Å². The van der Waals surface area contributed by atoms with Crippen LogP contribution in [0.1, 0.15) is 10.4 Å². The Morgan fingerprint density at radius 3 is 2.58 bits per heavy atom. The standard InChI is InChI=1S/C14H10ClFO3/c1-19-14(18)8-2-5-12(15)11(6-8)10-4-3-9(17)7-13(10)16/h2-7,17H,1H3. The molecule has 0 aliphatic carbocycles. The van der Waals surface area contributed by atoms with Crippen molar-refractivity contribution >= 4 is 17.6 Å². The Morgan fingerprint density at radius 2 is 1.95 bits per heavy atom. The number of carbonyl (C=O) groups is 1. The van der Waals surface area contributed by atoms with Crippen LogP contribution in [0.3, 0.4) is 0 Å². The lowest BCUT2D eigenvalue weighted by molar-refractivity contribution is 0.0601. The van der Waals surface area contributed by atoms with E-state index in [9.17, 15) is 14.3 Å². The van der Waals surface area contributed by atoms with Gasteiger partial charge in [-0.05, 0) is 30.3 Å². The second-order valence-corrected chi connectivity index (χ2v) is 4.26. The molecule has 0 aromatic heterocycles. The van der Waals surface area contributed by atoms with Gasteiger partial charge >= 0.3 is 5.97 Å². The van der Waals surface area contributed by atoms with Gasteiger partial charge in [0.05, 0.1) is 12.7 Å². The number of phenolic OH excluding ortho intramolecular Hbond substituents is 1. The van der Waals surface area contributed by atoms with Gasteiger partial charge in [0.1, 0.15) is 11.6 Å². The predicted octanol–water partition coefficient (Wildman–Crippen LogP) is 3.64. The van der Waals surface area contributed by atoms with Gasteiger partial charge in [0.15, 0.2) is 0 Å². The molecule has 19 heavy (non-hydrogen) atoms. The van der Waals surface area contributed by atoms with E-state index < -0.39 is 11.8 Å². The molecule has 2 rings (SSSR count). The summed E-state index contributed by atoms with van der Waals surface area (Å²) in [6.07, 6.45) is 0. The van der Waals surface area contributed by atoms with Crippen molar-refractivity contribution in [1.82, 2.24) is 0 Å². The Morgan fingerprint density at radius 1 is 1.21 bits per heavy atom. The monoisotopic (exact) mass is 280 g/mol. The molecule has 5 heteroatoms. The van der Waals surface area contributed by atoms with Crippen molar-refractivity contribution in [2.75, 3.05) is 7.11 Å². The van der Waals surface area contributed by atoms with Crippen molar-refractivity contribution in [3.05, 3.63) is 52.8 Å². The van der Waals surface area contributed by atoms with E-state index >= 15 is 0 Å². The Balaban J connectivity index is 2.57. The van der Waals surface area contributed by atoms with Crippen LogP contribution in [0.15, 0.2) is 36.4 Å². The minimum absolute atomic E-state index is 0.179. The minimum Gasteiger partial charge on any atom is -0.508 e. The fraction of sp³-hybridized carbons (Fsp3) is 0.0714. The average Bonchev–Trinajstić information content (AvgIpc) is 2.39. The highest BCUT2D eigenvalue weighted by atomic mass is 35.5. The number of ether oxygens (including phenoxy) is 1. The van der Waals surface area contributed by atoms with Crippen LogP contribution < -0.4 is 0 Å². The number of aromatic hydroxyl groups is 1. The van der Waals surface area contributed by atoms with Crippen molar-refractivity contribution in [2.24, 2.45) is 0 Å². The lowest BCUT2D eigenvalue weighted by atomic mass is 10.0. The number of halogens is 2. The van der Waals surface area contributed by atoms with Gasteiger partial charge in [0, 0.05) is 22.2 Å². The zero-order valence-electron chi connectivity index (χ0n) is 9.98. The van der Waals surface area contributed by atoms with E-state index in [4.69, 9.17) is 11.6 Å². The molecule has 0 fully saturated rings. The molecule has 2 aromatic carbocycles. The summed E-state index contributed by atoms with van der Waals surface area (Å²) >= 11 is 6.01. The zero-order chi connectivity index (χ0) is 14.0. The summed E-state index contributed by atoms with van der Waals surface area (Å²) in [6, 6.07) is 8.16. The summed E-state index contributed by atoms with van der Waals surface area (Å²) in [5.41, 5.74) is 0.838. The number of phenols is 1. The fourth-order valence-corrected chi connectivity index (χ4v) is 1.92. The van der Waals surface area contributed by atoms with E-state index in [2.05, 4.69) is 4.74 Å². The number of benzene rings is 2. The molecule has 0 heterocycles. The molecule has 0 aliphatic heterocycles. The Kier molecular flexibility index (Phi) is 3.71. The molecule has 0 unspecified atom stereocenters. The average molecular weight is 281 g/mol. The molecular formula is C14H10ClFO3. The van der Waals surface area contributed by atoms with Crippen molar-refractivity contribution in [1.29, 1.82) is 0 Å². The summed E-state index contributed by atoms with van der Waals surface area (Å²) in [6.45, 7) is 0. The van der Waals surface area contributed by atoms with Gasteiger partial charge in [-0.3, -0.25) is 0 Å². The third-order valence-electron chi connectivity index (χ3n) is 2.63. The summed E-state index contributed by atoms with van der Waals surface area (Å²) in [4.78, 5) is 11.4. The molecule has 0 aliphatic rings. The second-order valence-electron chi connectivity index (χ2n) is 3.85. The van der Waals surface area contributed by atoms with Gasteiger partial charge < -0.3 is 9.84 Å². The quantitative estimate of drug-likeness (QED) is 0.854. The summed E-state index contributed by atoms with van der Waals surface area (Å²) in [5.74, 6) is -1.33. The number of carbonyl (C=O) groups excluding carboxylic acids is 1. The Bertz CT molecular complexity index is 641. The van der Waals surface area contributed by atoms with Crippen LogP contribution in [0.2, 0.25) is 5.02 Å². The Labute approximate surface area is 114 Å². The molecule has 98 valence electrons. The van der Waals surface area contributed by atoms with Gasteiger partial charge in [0.2, 0.25) is 0 Å². The summed E-state index contributed by atoms with van der Waals surface area (Å²) in [5, 5.41) is 9.49. The van der Waals surface area contributed by atoms with Gasteiger partial charge in [0.25, 0.3) is 0 Å². The smallest absolute Gasteiger partial charge is 0.337 e. The highest BCUT2D eigenvalue weighted by Gasteiger charge is 2.13. The lowest BCUT2D eigenvalue weighted by Crippen LogP contribution is -2.01. The molecule has 1 N–H and O–H groups in total. The van der Waals surface area contributed by atoms with Crippen LogP contribution in [0.4, 0.5) is 4.39 Å². The lowest BCUT2D eigenvalue weighted by Gasteiger charge is -2.08. The van der Waals surface area contributed by atoms with Gasteiger partial charge in [-0.25, -0.2) is 9.18 Å². The topological polar surface area (TPSA) is 46.5 Å². The van der Waals surface area contributed by atoms with E-state index in [1.54, 1.807) is 0 Å². The fourth-order valence-electron chi connectivity index (χ4n) is 1.70. The SMILES string of the molecule is COC(=O)c1ccc(Cl)c(-c2ccc(O)cc2F)c1. The van der Waals surface area contributed by atoms with E-state index in [1.807, 2.05) is 0 Å². The zero-order valence-corrected chi connectivity index (χ0v) is 10.7. The number of hydrogen-bond acceptors (Lipinski definition) is 3. The number of hydrogen-bond donors (Lipinski definition) is 1. The van der Waals surface area contributed by atoms with Crippen molar-refractivity contribution < 1.29 is 19.0 Å². The predicted molar refractivity (Wildman–Crippen MR) is 69.9 cm³/mol. The Hall–Kier alpha value is -2.07. The number of rotatable bonds is 2. The first-order chi connectivity index (χ1) is 9.02. The number of methoxy groups -OCH3 is 1. The first-order valence-electron chi connectivity index (χ1n) is 5.39. The molecule has 0 amide bonds. The van der Waals surface area contributed by atoms with Crippen LogP contribution >= 0.6 is 11.6 Å². The molecular weight excluding hydrogens is 271 g/mol. The molecule has 0 bridgehead atoms. The molecule has 0 radical (unpaired) electrons. The van der Waals surface area contributed by atoms with Crippen molar-refractivity contribution in [3.63, 3.8) is 0 Å². The maximum atomic E-state index is 13.8. The van der Waals surface area contributed by atoms with Crippen LogP contribution in [0.5, 0.6) is 5.75 Å². The molecule has 2 aromatic rings. The maximum absolute atomic E-state index is 13.8. The first kappa shape index (κ1) is 13.4. The summed E-state index contributed by atoms with van der Waals surface area (Å²) in [7, 11) is 1.26. The third-order valence-corrected chi connectivity index (χ3v) is 2.96. The maximum Gasteiger partial charge on any atom is 0.337 e. The van der Waals surface area contributed by atoms with Gasteiger partial charge in [-0.15, -0.1) is 0 Å². The van der Waals surface area contributed by atoms with E-state index in [1.165, 1.54) is 37.4 Å². The summed E-state index contributed by atoms with van der Waals surface area (Å²) < 4.78 is 18.4. The van der Waals surface area contributed by atoms with Gasteiger partial charge in [-0.2, -0.15) is 0 Å². The highest BCUT2D eigenvalue weighted by Crippen LogP contribution is 2.32. The van der Waals surface area contributed by atoms with E-state index in [-0.39, 0.29) is 16.9 Å². The van der Waals surface area contributed by atoms with Crippen LogP contribution in [-0.2, 0) is 4.74 Å². The molecule has 0 spiro atoms. The van der Waals surface area contributed by atoms with Crippen LogP contribution in [0, 0.1) is 5.82 Å². The molecule has 0 atom stereocenters. The van der Waals surface area contributed by atoms with Crippen molar-refractivity contribution in [2.45, 2.75) is 0 Å². The molecule has 3 nitrogen and oxygen atoms in total. The molecule has 0 saturated heterocycles. The van der Waals surface area contributed by atoms with E-state index in [0.29, 0.717) is 10.6 Å².